The zero-order valence-electron chi connectivity index (χ0n) is 14.5. The number of aromatic nitrogens is 2. The molecule has 3 aromatic rings. The van der Waals surface area contributed by atoms with Gasteiger partial charge in [0, 0.05) is 17.4 Å². The molecule has 2 aromatic carbocycles. The molecule has 27 heavy (non-hydrogen) atoms. The normalized spacial score (nSPS) is 13.1. The lowest BCUT2D eigenvalue weighted by molar-refractivity contribution is 0.602. The van der Waals surface area contributed by atoms with Crippen molar-refractivity contribution in [2.75, 3.05) is 17.7 Å². The maximum atomic E-state index is 11.7. The van der Waals surface area contributed by atoms with E-state index in [1.54, 1.807) is 24.3 Å². The van der Waals surface area contributed by atoms with Gasteiger partial charge in [0.1, 0.15) is 0 Å². The SMILES string of the molecule is CS(=O)(=O)c1ccc(-c2nc(N)nc3c2-c2cc(N)c(Cl)cc2CC3)cc1. The molecule has 0 saturated carbocycles. The van der Waals surface area contributed by atoms with Crippen molar-refractivity contribution in [3.63, 3.8) is 0 Å². The molecular formula is C19H17ClN4O2S. The van der Waals surface area contributed by atoms with Crippen LogP contribution in [0.1, 0.15) is 11.3 Å². The Balaban J connectivity index is 1.96. The molecule has 4 N–H and O–H groups in total. The molecule has 8 heteroatoms. The molecule has 0 bridgehead atoms. The molecule has 0 unspecified atom stereocenters. The number of nitrogens with two attached hydrogens (primary N) is 2. The molecule has 1 aromatic heterocycles. The average molecular weight is 401 g/mol. The Morgan fingerprint density at radius 1 is 1.04 bits per heavy atom. The zero-order valence-corrected chi connectivity index (χ0v) is 16.1. The molecule has 0 spiro atoms. The highest BCUT2D eigenvalue weighted by Gasteiger charge is 2.24. The van der Waals surface area contributed by atoms with Crippen LogP contribution in [0.25, 0.3) is 22.4 Å². The number of nitrogens with zero attached hydrogens (tertiary/aromatic N) is 2. The summed E-state index contributed by atoms with van der Waals surface area (Å²) in [6.07, 6.45) is 2.67. The molecule has 0 aliphatic heterocycles. The molecule has 1 aliphatic rings. The molecule has 4 rings (SSSR count). The minimum Gasteiger partial charge on any atom is -0.398 e. The van der Waals surface area contributed by atoms with Crippen LogP contribution in [0, 0.1) is 0 Å². The van der Waals surface area contributed by atoms with Crippen LogP contribution in [0.5, 0.6) is 0 Å². The van der Waals surface area contributed by atoms with E-state index in [0.29, 0.717) is 22.8 Å². The van der Waals surface area contributed by atoms with Crippen molar-refractivity contribution >= 4 is 33.1 Å². The van der Waals surface area contributed by atoms with Gasteiger partial charge in [-0.15, -0.1) is 0 Å². The fraction of sp³-hybridized carbons (Fsp3) is 0.158. The molecule has 0 radical (unpaired) electrons. The van der Waals surface area contributed by atoms with Crippen molar-refractivity contribution in [1.29, 1.82) is 0 Å². The predicted molar refractivity (Wildman–Crippen MR) is 107 cm³/mol. The average Bonchev–Trinajstić information content (AvgIpc) is 2.61. The van der Waals surface area contributed by atoms with E-state index in [2.05, 4.69) is 9.97 Å². The maximum Gasteiger partial charge on any atom is 0.220 e. The third kappa shape index (κ3) is 3.13. The maximum absolute atomic E-state index is 11.7. The minimum absolute atomic E-state index is 0.182. The van der Waals surface area contributed by atoms with Crippen LogP contribution in [0.4, 0.5) is 11.6 Å². The lowest BCUT2D eigenvalue weighted by Gasteiger charge is -2.23. The van der Waals surface area contributed by atoms with Crippen molar-refractivity contribution in [3.8, 4) is 22.4 Å². The monoisotopic (exact) mass is 400 g/mol. The third-order valence-corrected chi connectivity index (χ3v) is 6.14. The fourth-order valence-electron chi connectivity index (χ4n) is 3.38. The molecule has 0 atom stereocenters. The second-order valence-corrected chi connectivity index (χ2v) is 9.00. The number of sulfone groups is 1. The smallest absolute Gasteiger partial charge is 0.220 e. The Morgan fingerprint density at radius 2 is 1.74 bits per heavy atom. The first-order valence-electron chi connectivity index (χ1n) is 8.29. The topological polar surface area (TPSA) is 112 Å². The van der Waals surface area contributed by atoms with E-state index in [0.717, 1.165) is 34.4 Å². The summed E-state index contributed by atoms with van der Waals surface area (Å²) in [4.78, 5) is 9.10. The number of fused-ring (bicyclic) bond motifs is 3. The van der Waals surface area contributed by atoms with Gasteiger partial charge in [-0.3, -0.25) is 0 Å². The van der Waals surface area contributed by atoms with Crippen molar-refractivity contribution in [3.05, 3.63) is 52.7 Å². The van der Waals surface area contributed by atoms with Gasteiger partial charge in [-0.05, 0) is 48.2 Å². The van der Waals surface area contributed by atoms with Crippen molar-refractivity contribution in [2.45, 2.75) is 17.7 Å². The van der Waals surface area contributed by atoms with Crippen molar-refractivity contribution in [2.24, 2.45) is 0 Å². The highest BCUT2D eigenvalue weighted by molar-refractivity contribution is 7.90. The van der Waals surface area contributed by atoms with Crippen LogP contribution in [-0.2, 0) is 22.7 Å². The lowest BCUT2D eigenvalue weighted by Crippen LogP contribution is -2.12. The van der Waals surface area contributed by atoms with Crippen molar-refractivity contribution < 1.29 is 8.42 Å². The molecule has 6 nitrogen and oxygen atoms in total. The predicted octanol–water partition coefficient (Wildman–Crippen LogP) is 3.13. The Labute approximate surface area is 162 Å². The van der Waals surface area contributed by atoms with Gasteiger partial charge in [0.25, 0.3) is 0 Å². The third-order valence-electron chi connectivity index (χ3n) is 4.68. The number of anilines is 2. The van der Waals surface area contributed by atoms with Gasteiger partial charge in [-0.25, -0.2) is 18.4 Å². The minimum atomic E-state index is -3.27. The highest BCUT2D eigenvalue weighted by Crippen LogP contribution is 2.41. The number of hydrogen-bond donors (Lipinski definition) is 2. The molecule has 138 valence electrons. The van der Waals surface area contributed by atoms with E-state index in [1.165, 1.54) is 6.26 Å². The summed E-state index contributed by atoms with van der Waals surface area (Å²) in [5.41, 5.74) is 17.6. The summed E-state index contributed by atoms with van der Waals surface area (Å²) in [6.45, 7) is 0. The fourth-order valence-corrected chi connectivity index (χ4v) is 4.20. The van der Waals surface area contributed by atoms with E-state index in [1.807, 2.05) is 12.1 Å². The van der Waals surface area contributed by atoms with E-state index < -0.39 is 9.84 Å². The van der Waals surface area contributed by atoms with Crippen LogP contribution in [-0.4, -0.2) is 24.6 Å². The summed E-state index contributed by atoms with van der Waals surface area (Å²) in [7, 11) is -3.27. The van der Waals surface area contributed by atoms with Crippen molar-refractivity contribution in [1.82, 2.24) is 9.97 Å². The number of halogens is 1. The Hall–Kier alpha value is -2.64. The molecular weight excluding hydrogens is 384 g/mol. The highest BCUT2D eigenvalue weighted by atomic mass is 35.5. The second kappa shape index (κ2) is 6.21. The Kier molecular flexibility index (Phi) is 4.09. The molecule has 0 saturated heterocycles. The van der Waals surface area contributed by atoms with Gasteiger partial charge in [0.05, 0.1) is 27.0 Å². The molecule has 0 amide bonds. The zero-order chi connectivity index (χ0) is 19.3. The van der Waals surface area contributed by atoms with Crippen LogP contribution < -0.4 is 11.5 Å². The number of hydrogen-bond acceptors (Lipinski definition) is 6. The van der Waals surface area contributed by atoms with Crippen LogP contribution in [0.3, 0.4) is 0 Å². The summed E-state index contributed by atoms with van der Waals surface area (Å²) >= 11 is 6.18. The molecule has 0 fully saturated rings. The lowest BCUT2D eigenvalue weighted by atomic mass is 9.86. The summed E-state index contributed by atoms with van der Waals surface area (Å²) in [5.74, 6) is 0.182. The van der Waals surface area contributed by atoms with Crippen LogP contribution in [0.2, 0.25) is 5.02 Å². The number of aryl methyl sites for hydroxylation is 2. The molecule has 1 aliphatic carbocycles. The van der Waals surface area contributed by atoms with E-state index in [-0.39, 0.29) is 10.8 Å². The van der Waals surface area contributed by atoms with Gasteiger partial charge in [-0.1, -0.05) is 23.7 Å². The van der Waals surface area contributed by atoms with Gasteiger partial charge in [0.15, 0.2) is 9.84 Å². The first-order chi connectivity index (χ1) is 12.7. The van der Waals surface area contributed by atoms with Gasteiger partial charge in [0.2, 0.25) is 5.95 Å². The quantitative estimate of drug-likeness (QED) is 0.639. The first-order valence-corrected chi connectivity index (χ1v) is 10.6. The van der Waals surface area contributed by atoms with Gasteiger partial charge < -0.3 is 11.5 Å². The Bertz CT molecular complexity index is 1180. The number of benzene rings is 2. The Morgan fingerprint density at radius 3 is 2.41 bits per heavy atom. The van der Waals surface area contributed by atoms with E-state index in [4.69, 9.17) is 23.1 Å². The van der Waals surface area contributed by atoms with E-state index >= 15 is 0 Å². The summed E-state index contributed by atoms with van der Waals surface area (Å²) < 4.78 is 23.5. The van der Waals surface area contributed by atoms with Crippen LogP contribution in [0.15, 0.2) is 41.3 Å². The second-order valence-electron chi connectivity index (χ2n) is 6.58. The number of rotatable bonds is 2. The molecule has 1 heterocycles. The number of nitrogen functional groups attached to an aromatic ring is 2. The van der Waals surface area contributed by atoms with E-state index in [9.17, 15) is 8.42 Å². The van der Waals surface area contributed by atoms with Crippen LogP contribution >= 0.6 is 11.6 Å². The first kappa shape index (κ1) is 17.8. The summed E-state index contributed by atoms with van der Waals surface area (Å²) in [5, 5.41) is 0.521. The van der Waals surface area contributed by atoms with Gasteiger partial charge >= 0.3 is 0 Å². The van der Waals surface area contributed by atoms with Gasteiger partial charge in [-0.2, -0.15) is 0 Å². The largest absolute Gasteiger partial charge is 0.398 e. The summed E-state index contributed by atoms with van der Waals surface area (Å²) in [6, 6.07) is 10.3. The standard InChI is InChI=1S/C19H17ClN4O2S/c1-27(25,26)12-5-2-10(3-6-12)18-17-13-9-15(21)14(20)8-11(13)4-7-16(17)23-19(22)24-18/h2-3,5-6,8-9H,4,7,21H2,1H3,(H2,22,23,24).